The third-order valence-corrected chi connectivity index (χ3v) is 5.84. The Labute approximate surface area is 195 Å². The maximum absolute atomic E-state index is 12.3. The number of hydrogen-bond acceptors (Lipinski definition) is 5. The van der Waals surface area contributed by atoms with Crippen LogP contribution >= 0.6 is 23.4 Å². The predicted molar refractivity (Wildman–Crippen MR) is 129 cm³/mol. The van der Waals surface area contributed by atoms with Crippen LogP contribution < -0.4 is 5.43 Å². The van der Waals surface area contributed by atoms with Crippen LogP contribution in [-0.2, 0) is 4.79 Å². The quantitative estimate of drug-likeness (QED) is 0.235. The van der Waals surface area contributed by atoms with Crippen LogP contribution in [0.25, 0.3) is 17.1 Å². The number of aromatic nitrogens is 3. The normalized spacial score (nSPS) is 11.1. The molecule has 1 heterocycles. The molecule has 0 aliphatic rings. The first-order valence-electron chi connectivity index (χ1n) is 9.89. The van der Waals surface area contributed by atoms with Gasteiger partial charge in [-0.2, -0.15) is 5.10 Å². The third-order valence-electron chi connectivity index (χ3n) is 4.66. The molecule has 0 bridgehead atoms. The zero-order valence-corrected chi connectivity index (χ0v) is 18.8. The maximum Gasteiger partial charge on any atom is 0.250 e. The van der Waals surface area contributed by atoms with Gasteiger partial charge < -0.3 is 0 Å². The number of thioether (sulfide) groups is 1. The molecule has 3 aromatic carbocycles. The van der Waals surface area contributed by atoms with E-state index in [0.717, 1.165) is 22.4 Å². The van der Waals surface area contributed by atoms with Crippen LogP contribution in [0.2, 0.25) is 5.02 Å². The number of aryl methyl sites for hydroxylation is 1. The molecule has 0 fully saturated rings. The van der Waals surface area contributed by atoms with Gasteiger partial charge in [-0.15, -0.1) is 10.2 Å². The lowest BCUT2D eigenvalue weighted by Gasteiger charge is -2.10. The summed E-state index contributed by atoms with van der Waals surface area (Å²) in [6.07, 6.45) is 1.64. The van der Waals surface area contributed by atoms with E-state index in [1.54, 1.807) is 6.21 Å². The summed E-state index contributed by atoms with van der Waals surface area (Å²) in [4.78, 5) is 12.3. The van der Waals surface area contributed by atoms with Crippen molar-refractivity contribution in [2.24, 2.45) is 5.10 Å². The van der Waals surface area contributed by atoms with Crippen LogP contribution in [0, 0.1) is 6.92 Å². The molecule has 1 aromatic heterocycles. The van der Waals surface area contributed by atoms with E-state index in [9.17, 15) is 4.79 Å². The fourth-order valence-electron chi connectivity index (χ4n) is 3.03. The van der Waals surface area contributed by atoms with Crippen LogP contribution in [0.3, 0.4) is 0 Å². The first kappa shape index (κ1) is 21.8. The second-order valence-electron chi connectivity index (χ2n) is 6.92. The molecule has 1 N–H and O–H groups in total. The summed E-state index contributed by atoms with van der Waals surface area (Å²) >= 11 is 7.35. The molecule has 8 heteroatoms. The van der Waals surface area contributed by atoms with Crippen molar-refractivity contribution < 1.29 is 4.79 Å². The van der Waals surface area contributed by atoms with E-state index in [0.29, 0.717) is 16.0 Å². The van der Waals surface area contributed by atoms with Crippen LogP contribution in [0.4, 0.5) is 0 Å². The molecule has 0 aliphatic heterocycles. The minimum absolute atomic E-state index is 0.144. The van der Waals surface area contributed by atoms with Crippen molar-refractivity contribution in [3.8, 4) is 17.1 Å². The number of carbonyl (C=O) groups excluding carboxylic acids is 1. The van der Waals surface area contributed by atoms with Gasteiger partial charge in [-0.1, -0.05) is 78.0 Å². The van der Waals surface area contributed by atoms with E-state index >= 15 is 0 Å². The van der Waals surface area contributed by atoms with E-state index in [2.05, 4.69) is 20.7 Å². The Morgan fingerprint density at radius 1 is 1.03 bits per heavy atom. The summed E-state index contributed by atoms with van der Waals surface area (Å²) in [6.45, 7) is 1.99. The summed E-state index contributed by atoms with van der Waals surface area (Å²) < 4.78 is 1.92. The van der Waals surface area contributed by atoms with Gasteiger partial charge in [0.2, 0.25) is 0 Å². The molecule has 0 saturated heterocycles. The molecular weight excluding hydrogens is 442 g/mol. The Hall–Kier alpha value is -3.42. The van der Waals surface area contributed by atoms with E-state index in [-0.39, 0.29) is 11.7 Å². The number of hydrazone groups is 1. The molecular formula is C24H20ClN5OS. The smallest absolute Gasteiger partial charge is 0.250 e. The van der Waals surface area contributed by atoms with Crippen LogP contribution in [0.5, 0.6) is 0 Å². The van der Waals surface area contributed by atoms with Gasteiger partial charge in [0.1, 0.15) is 0 Å². The van der Waals surface area contributed by atoms with Gasteiger partial charge in [0.25, 0.3) is 5.91 Å². The number of carbonyl (C=O) groups is 1. The van der Waals surface area contributed by atoms with Crippen LogP contribution in [0.15, 0.2) is 89.1 Å². The molecule has 6 nitrogen and oxygen atoms in total. The zero-order chi connectivity index (χ0) is 22.3. The number of nitrogens with zero attached hydrogens (tertiary/aromatic N) is 4. The third kappa shape index (κ3) is 5.25. The summed E-state index contributed by atoms with van der Waals surface area (Å²) in [5.41, 5.74) is 6.40. The van der Waals surface area contributed by atoms with Crippen molar-refractivity contribution in [2.45, 2.75) is 12.1 Å². The Morgan fingerprint density at radius 2 is 1.75 bits per heavy atom. The number of nitrogens with one attached hydrogen (secondary N) is 1. The average molecular weight is 462 g/mol. The van der Waals surface area contributed by atoms with Gasteiger partial charge in [-0.25, -0.2) is 5.43 Å². The summed E-state index contributed by atoms with van der Waals surface area (Å²) in [5.74, 6) is 0.603. The molecule has 0 saturated carbocycles. The van der Waals surface area contributed by atoms with Crippen LogP contribution in [-0.4, -0.2) is 32.6 Å². The van der Waals surface area contributed by atoms with Crippen molar-refractivity contribution in [2.75, 3.05) is 5.75 Å². The highest BCUT2D eigenvalue weighted by atomic mass is 35.5. The lowest BCUT2D eigenvalue weighted by atomic mass is 10.1. The number of hydrogen-bond donors (Lipinski definition) is 1. The highest BCUT2D eigenvalue weighted by molar-refractivity contribution is 7.99. The molecule has 32 heavy (non-hydrogen) atoms. The van der Waals surface area contributed by atoms with Crippen molar-refractivity contribution in [1.82, 2.24) is 20.2 Å². The average Bonchev–Trinajstić information content (AvgIpc) is 3.24. The van der Waals surface area contributed by atoms with Gasteiger partial charge in [-0.3, -0.25) is 9.36 Å². The number of halogens is 1. The molecule has 0 spiro atoms. The SMILES string of the molecule is Cc1ccccc1C=NNC(=O)CSc1nnc(-c2ccccc2)n1-c1ccc(Cl)cc1. The zero-order valence-electron chi connectivity index (χ0n) is 17.3. The minimum Gasteiger partial charge on any atom is -0.272 e. The van der Waals surface area contributed by atoms with Gasteiger partial charge in [-0.05, 0) is 42.3 Å². The number of amides is 1. The van der Waals surface area contributed by atoms with Gasteiger partial charge in [0.15, 0.2) is 11.0 Å². The topological polar surface area (TPSA) is 72.2 Å². The molecule has 1 amide bonds. The molecule has 0 unspecified atom stereocenters. The molecule has 4 rings (SSSR count). The number of benzene rings is 3. The first-order chi connectivity index (χ1) is 15.6. The van der Waals surface area contributed by atoms with Gasteiger partial charge in [0, 0.05) is 16.3 Å². The maximum atomic E-state index is 12.3. The van der Waals surface area contributed by atoms with Crippen molar-refractivity contribution >= 4 is 35.5 Å². The largest absolute Gasteiger partial charge is 0.272 e. The minimum atomic E-state index is -0.230. The van der Waals surface area contributed by atoms with E-state index in [1.165, 1.54) is 11.8 Å². The van der Waals surface area contributed by atoms with Gasteiger partial charge in [0.05, 0.1) is 12.0 Å². The lowest BCUT2D eigenvalue weighted by Crippen LogP contribution is -2.20. The summed E-state index contributed by atoms with van der Waals surface area (Å²) in [5, 5.41) is 14.0. The Kier molecular flexibility index (Phi) is 6.99. The highest BCUT2D eigenvalue weighted by Gasteiger charge is 2.17. The van der Waals surface area contributed by atoms with Gasteiger partial charge >= 0.3 is 0 Å². The molecule has 0 atom stereocenters. The highest BCUT2D eigenvalue weighted by Crippen LogP contribution is 2.28. The Bertz CT molecular complexity index is 1240. The van der Waals surface area contributed by atoms with Crippen LogP contribution in [0.1, 0.15) is 11.1 Å². The molecule has 4 aromatic rings. The second kappa shape index (κ2) is 10.3. The predicted octanol–water partition coefficient (Wildman–Crippen LogP) is 5.14. The Balaban J connectivity index is 1.51. The van der Waals surface area contributed by atoms with Crippen molar-refractivity contribution in [3.05, 3.63) is 95.0 Å². The molecule has 0 aliphatic carbocycles. The first-order valence-corrected chi connectivity index (χ1v) is 11.3. The standard InChI is InChI=1S/C24H20ClN5OS/c1-17-7-5-6-10-19(17)15-26-27-22(31)16-32-24-29-28-23(18-8-3-2-4-9-18)30(24)21-13-11-20(25)12-14-21/h2-15H,16H2,1H3,(H,27,31). The summed E-state index contributed by atoms with van der Waals surface area (Å²) in [6, 6.07) is 25.0. The van der Waals surface area contributed by atoms with E-state index in [1.807, 2.05) is 90.4 Å². The Morgan fingerprint density at radius 3 is 2.50 bits per heavy atom. The fraction of sp³-hybridized carbons (Fsp3) is 0.0833. The fourth-order valence-corrected chi connectivity index (χ4v) is 3.90. The van der Waals surface area contributed by atoms with E-state index in [4.69, 9.17) is 11.6 Å². The van der Waals surface area contributed by atoms with E-state index < -0.39 is 0 Å². The second-order valence-corrected chi connectivity index (χ2v) is 8.30. The monoisotopic (exact) mass is 461 g/mol. The molecule has 160 valence electrons. The summed E-state index contributed by atoms with van der Waals surface area (Å²) in [7, 11) is 0. The lowest BCUT2D eigenvalue weighted by molar-refractivity contribution is -0.118. The number of rotatable bonds is 7. The van der Waals surface area contributed by atoms with Crippen molar-refractivity contribution in [3.63, 3.8) is 0 Å². The molecule has 0 radical (unpaired) electrons. The van der Waals surface area contributed by atoms with Crippen molar-refractivity contribution in [1.29, 1.82) is 0 Å².